The molecule has 0 aromatic rings. The lowest BCUT2D eigenvalue weighted by molar-refractivity contribution is 0.0355. The van der Waals surface area contributed by atoms with E-state index in [1.165, 1.54) is 51.4 Å². The van der Waals surface area contributed by atoms with Crippen LogP contribution in [0.5, 0.6) is 0 Å². The maximum absolute atomic E-state index is 5.93. The van der Waals surface area contributed by atoms with Gasteiger partial charge in [0.2, 0.25) is 0 Å². The lowest BCUT2D eigenvalue weighted by Crippen LogP contribution is -2.49. The number of rotatable bonds is 3. The van der Waals surface area contributed by atoms with Crippen LogP contribution in [0.15, 0.2) is 0 Å². The Balaban J connectivity index is 1.78. The molecule has 2 rings (SSSR count). The first kappa shape index (κ1) is 12.3. The van der Waals surface area contributed by atoms with Gasteiger partial charge in [0.25, 0.3) is 0 Å². The Hall–Kier alpha value is -0.120. The van der Waals surface area contributed by atoms with Crippen LogP contribution >= 0.6 is 0 Å². The van der Waals surface area contributed by atoms with E-state index in [1.54, 1.807) is 0 Å². The molecule has 3 N–H and O–H groups in total. The molecule has 0 saturated heterocycles. The fourth-order valence-corrected chi connectivity index (χ4v) is 3.16. The Morgan fingerprint density at radius 2 is 1.69 bits per heavy atom. The average molecular weight is 226 g/mol. The largest absolute Gasteiger partial charge is 0.380 e. The monoisotopic (exact) mass is 226 g/mol. The van der Waals surface area contributed by atoms with E-state index < -0.39 is 0 Å². The number of ether oxygens (including phenoxy) is 1. The van der Waals surface area contributed by atoms with Crippen LogP contribution in [0, 0.1) is 0 Å². The summed E-state index contributed by atoms with van der Waals surface area (Å²) in [7, 11) is 1.85. The second-order valence-electron chi connectivity index (χ2n) is 5.44. The molecule has 16 heavy (non-hydrogen) atoms. The van der Waals surface area contributed by atoms with E-state index in [9.17, 15) is 0 Å². The van der Waals surface area contributed by atoms with Crippen molar-refractivity contribution >= 4 is 0 Å². The third-order valence-corrected chi connectivity index (χ3v) is 4.23. The van der Waals surface area contributed by atoms with E-state index in [-0.39, 0.29) is 0 Å². The van der Waals surface area contributed by atoms with Gasteiger partial charge in [0.1, 0.15) is 0 Å². The highest BCUT2D eigenvalue weighted by molar-refractivity contribution is 4.87. The molecule has 0 amide bonds. The molecule has 2 fully saturated rings. The summed E-state index contributed by atoms with van der Waals surface area (Å²) in [5, 5.41) is 3.80. The topological polar surface area (TPSA) is 47.3 Å². The van der Waals surface area contributed by atoms with E-state index in [0.29, 0.717) is 24.2 Å². The third-order valence-electron chi connectivity index (χ3n) is 4.23. The summed E-state index contributed by atoms with van der Waals surface area (Å²) in [6.45, 7) is 0. The number of hydrogen-bond acceptors (Lipinski definition) is 3. The fraction of sp³-hybridized carbons (Fsp3) is 1.00. The van der Waals surface area contributed by atoms with Crippen LogP contribution in [0.3, 0.4) is 0 Å². The number of nitrogens with two attached hydrogens (primary N) is 1. The van der Waals surface area contributed by atoms with Gasteiger partial charge in [-0.1, -0.05) is 12.8 Å². The van der Waals surface area contributed by atoms with E-state index in [1.807, 2.05) is 7.11 Å². The molecule has 2 unspecified atom stereocenters. The quantitative estimate of drug-likeness (QED) is 0.771. The molecule has 0 radical (unpaired) electrons. The van der Waals surface area contributed by atoms with Gasteiger partial charge in [0.05, 0.1) is 6.10 Å². The molecule has 3 nitrogen and oxygen atoms in total. The minimum atomic E-state index is 0.435. The zero-order valence-corrected chi connectivity index (χ0v) is 10.5. The van der Waals surface area contributed by atoms with Crippen molar-refractivity contribution in [1.82, 2.24) is 5.32 Å². The summed E-state index contributed by atoms with van der Waals surface area (Å²) >= 11 is 0. The third kappa shape index (κ3) is 3.19. The van der Waals surface area contributed by atoms with Crippen LogP contribution in [-0.4, -0.2) is 31.3 Å². The highest BCUT2D eigenvalue weighted by atomic mass is 16.5. The van der Waals surface area contributed by atoms with Crippen LogP contribution in [0.25, 0.3) is 0 Å². The van der Waals surface area contributed by atoms with Gasteiger partial charge < -0.3 is 15.8 Å². The molecule has 0 aliphatic heterocycles. The second kappa shape index (κ2) is 5.99. The van der Waals surface area contributed by atoms with Crippen molar-refractivity contribution in [1.29, 1.82) is 0 Å². The van der Waals surface area contributed by atoms with Crippen molar-refractivity contribution in [2.45, 2.75) is 75.6 Å². The van der Waals surface area contributed by atoms with Gasteiger partial charge in [-0.15, -0.1) is 0 Å². The van der Waals surface area contributed by atoms with Gasteiger partial charge in [-0.2, -0.15) is 0 Å². The zero-order valence-electron chi connectivity index (χ0n) is 10.5. The molecule has 0 spiro atoms. The lowest BCUT2D eigenvalue weighted by atomic mass is 9.88. The van der Waals surface area contributed by atoms with E-state index in [0.717, 1.165) is 0 Å². The summed E-state index contributed by atoms with van der Waals surface area (Å²) in [5.41, 5.74) is 5.93. The molecule has 0 aromatic heterocycles. The van der Waals surface area contributed by atoms with E-state index in [2.05, 4.69) is 5.32 Å². The Bertz CT molecular complexity index is 202. The van der Waals surface area contributed by atoms with Gasteiger partial charge >= 0.3 is 0 Å². The van der Waals surface area contributed by atoms with Gasteiger partial charge in [-0.05, 0) is 38.5 Å². The average Bonchev–Trinajstić information content (AvgIpc) is 2.33. The SMILES string of the molecule is COC1CCCCC1NC1CCC(N)CC1. The number of hydrogen-bond donors (Lipinski definition) is 2. The molecule has 2 saturated carbocycles. The molecule has 0 bridgehead atoms. The number of nitrogens with one attached hydrogen (secondary N) is 1. The summed E-state index contributed by atoms with van der Waals surface area (Å²) in [6, 6.07) is 1.71. The summed E-state index contributed by atoms with van der Waals surface area (Å²) in [6.07, 6.45) is 10.5. The summed E-state index contributed by atoms with van der Waals surface area (Å²) in [5.74, 6) is 0. The van der Waals surface area contributed by atoms with Crippen LogP contribution in [0.4, 0.5) is 0 Å². The molecular weight excluding hydrogens is 200 g/mol. The van der Waals surface area contributed by atoms with Crippen LogP contribution in [-0.2, 0) is 4.74 Å². The van der Waals surface area contributed by atoms with Crippen molar-refractivity contribution < 1.29 is 4.74 Å². The van der Waals surface area contributed by atoms with E-state index >= 15 is 0 Å². The first-order valence-electron chi connectivity index (χ1n) is 6.84. The highest BCUT2D eigenvalue weighted by Crippen LogP contribution is 2.24. The number of methoxy groups -OCH3 is 1. The minimum Gasteiger partial charge on any atom is -0.380 e. The smallest absolute Gasteiger partial charge is 0.0724 e. The molecule has 2 atom stereocenters. The lowest BCUT2D eigenvalue weighted by Gasteiger charge is -2.36. The van der Waals surface area contributed by atoms with Crippen LogP contribution in [0.2, 0.25) is 0 Å². The summed E-state index contributed by atoms with van der Waals surface area (Å²) < 4.78 is 5.58. The molecule has 2 aliphatic rings. The standard InChI is InChI=1S/C13H26N2O/c1-16-13-5-3-2-4-12(13)15-11-8-6-10(14)7-9-11/h10-13,15H,2-9,14H2,1H3. The zero-order chi connectivity index (χ0) is 11.4. The van der Waals surface area contributed by atoms with Crippen LogP contribution in [0.1, 0.15) is 51.4 Å². The predicted octanol–water partition coefficient (Wildman–Crippen LogP) is 1.80. The molecule has 0 heterocycles. The second-order valence-corrected chi connectivity index (χ2v) is 5.44. The summed E-state index contributed by atoms with van der Waals surface area (Å²) in [4.78, 5) is 0. The normalized spacial score (nSPS) is 40.9. The van der Waals surface area contributed by atoms with Crippen molar-refractivity contribution in [2.24, 2.45) is 5.73 Å². The van der Waals surface area contributed by atoms with Crippen molar-refractivity contribution in [3.63, 3.8) is 0 Å². The maximum atomic E-state index is 5.93. The Labute approximate surface area is 99.1 Å². The Kier molecular flexibility index (Phi) is 4.62. The fourth-order valence-electron chi connectivity index (χ4n) is 3.16. The first-order chi connectivity index (χ1) is 7.79. The Morgan fingerprint density at radius 1 is 1.00 bits per heavy atom. The molecule has 3 heteroatoms. The molecule has 94 valence electrons. The van der Waals surface area contributed by atoms with Crippen LogP contribution < -0.4 is 11.1 Å². The highest BCUT2D eigenvalue weighted by Gasteiger charge is 2.28. The predicted molar refractivity (Wildman–Crippen MR) is 66.4 cm³/mol. The van der Waals surface area contributed by atoms with Gasteiger partial charge in [0, 0.05) is 25.2 Å². The molecular formula is C13H26N2O. The van der Waals surface area contributed by atoms with Crippen molar-refractivity contribution in [2.75, 3.05) is 7.11 Å². The molecule has 2 aliphatic carbocycles. The Morgan fingerprint density at radius 3 is 2.38 bits per heavy atom. The van der Waals surface area contributed by atoms with Crippen molar-refractivity contribution in [3.05, 3.63) is 0 Å². The van der Waals surface area contributed by atoms with Gasteiger partial charge in [-0.25, -0.2) is 0 Å². The minimum absolute atomic E-state index is 0.435. The molecule has 0 aromatic carbocycles. The van der Waals surface area contributed by atoms with E-state index in [4.69, 9.17) is 10.5 Å². The van der Waals surface area contributed by atoms with Crippen molar-refractivity contribution in [3.8, 4) is 0 Å². The maximum Gasteiger partial charge on any atom is 0.0724 e. The van der Waals surface area contributed by atoms with Gasteiger partial charge in [-0.3, -0.25) is 0 Å². The van der Waals surface area contributed by atoms with Gasteiger partial charge in [0.15, 0.2) is 0 Å². The first-order valence-corrected chi connectivity index (χ1v) is 6.84.